The molecule has 0 fully saturated rings. The maximum absolute atomic E-state index is 12.9. The lowest BCUT2D eigenvalue weighted by Gasteiger charge is -2.16. The topological polar surface area (TPSA) is 96.5 Å². The minimum absolute atomic E-state index is 0.0581. The molecule has 2 aromatic heterocycles. The molecule has 3 rings (SSSR count). The number of nitrogens with one attached hydrogen (secondary N) is 1. The Morgan fingerprint density at radius 3 is 2.66 bits per heavy atom. The van der Waals surface area contributed by atoms with Crippen LogP contribution in [0.5, 0.6) is 0 Å². The Hall–Kier alpha value is -3.26. The highest BCUT2D eigenvalue weighted by Crippen LogP contribution is 2.29. The van der Waals surface area contributed by atoms with Gasteiger partial charge in [-0.05, 0) is 25.1 Å². The fraction of sp³-hybridized carbons (Fsp3) is 0.167. The fourth-order valence-electron chi connectivity index (χ4n) is 2.54. The van der Waals surface area contributed by atoms with Crippen LogP contribution in [-0.2, 0) is 6.18 Å². The monoisotopic (exact) mass is 464 g/mol. The normalized spacial score (nSPS) is 12.3. The van der Waals surface area contributed by atoms with Crippen molar-refractivity contribution in [3.63, 3.8) is 0 Å². The summed E-state index contributed by atoms with van der Waals surface area (Å²) in [4.78, 5) is 20.8. The van der Waals surface area contributed by atoms with Crippen LogP contribution in [0.25, 0.3) is 5.82 Å². The van der Waals surface area contributed by atoms with Crippen molar-refractivity contribution in [1.82, 2.24) is 25.1 Å². The van der Waals surface area contributed by atoms with Crippen molar-refractivity contribution < 1.29 is 18.0 Å². The largest absolute Gasteiger partial charge is 0.419 e. The number of halogens is 4. The lowest BCUT2D eigenvalue weighted by molar-refractivity contribution is -0.137. The summed E-state index contributed by atoms with van der Waals surface area (Å²) in [6.07, 6.45) is -0.375. The van der Waals surface area contributed by atoms with Gasteiger partial charge in [-0.25, -0.2) is 9.67 Å². The van der Waals surface area contributed by atoms with Gasteiger partial charge in [0.1, 0.15) is 5.69 Å². The molecule has 7 nitrogen and oxygen atoms in total. The molecule has 3 aromatic rings. The van der Waals surface area contributed by atoms with E-state index in [4.69, 9.17) is 5.26 Å². The van der Waals surface area contributed by atoms with Gasteiger partial charge in [-0.3, -0.25) is 9.78 Å². The van der Waals surface area contributed by atoms with Crippen LogP contribution in [0.4, 0.5) is 13.2 Å². The first kappa shape index (κ1) is 20.5. The summed E-state index contributed by atoms with van der Waals surface area (Å²) < 4.78 is 40.1. The van der Waals surface area contributed by atoms with E-state index in [9.17, 15) is 18.0 Å². The quantitative estimate of drug-likeness (QED) is 0.633. The van der Waals surface area contributed by atoms with E-state index in [2.05, 4.69) is 36.3 Å². The van der Waals surface area contributed by atoms with Gasteiger partial charge in [0.25, 0.3) is 5.91 Å². The lowest BCUT2D eigenvalue weighted by Crippen LogP contribution is -2.28. The predicted octanol–water partition coefficient (Wildman–Crippen LogP) is 3.81. The summed E-state index contributed by atoms with van der Waals surface area (Å²) >= 11 is 3.24. The molecule has 1 N–H and O–H groups in total. The number of nitriles is 1. The van der Waals surface area contributed by atoms with E-state index >= 15 is 0 Å². The van der Waals surface area contributed by atoms with Crippen molar-refractivity contribution in [2.45, 2.75) is 19.1 Å². The first-order chi connectivity index (χ1) is 13.7. The van der Waals surface area contributed by atoms with Crippen LogP contribution in [0.15, 0.2) is 47.5 Å². The molecular formula is C18H12BrF3N6O. The van der Waals surface area contributed by atoms with Crippen molar-refractivity contribution in [3.8, 4) is 11.9 Å². The van der Waals surface area contributed by atoms with Crippen molar-refractivity contribution in [1.29, 1.82) is 5.26 Å². The highest BCUT2D eigenvalue weighted by Gasteiger charge is 2.32. The van der Waals surface area contributed by atoms with E-state index in [0.29, 0.717) is 16.2 Å². The molecule has 0 radical (unpaired) electrons. The van der Waals surface area contributed by atoms with Crippen molar-refractivity contribution in [2.75, 3.05) is 0 Å². The average Bonchev–Trinajstić information content (AvgIpc) is 3.18. The number of nitrogens with zero attached hydrogens (tertiary/aromatic N) is 5. The molecule has 0 bridgehead atoms. The maximum atomic E-state index is 12.9. The predicted molar refractivity (Wildman–Crippen MR) is 98.9 cm³/mol. The number of benzene rings is 1. The number of hydrogen-bond acceptors (Lipinski definition) is 5. The van der Waals surface area contributed by atoms with E-state index < -0.39 is 23.7 Å². The van der Waals surface area contributed by atoms with Crippen LogP contribution in [0.3, 0.4) is 0 Å². The van der Waals surface area contributed by atoms with Crippen LogP contribution in [0, 0.1) is 11.3 Å². The molecule has 0 aliphatic rings. The second-order valence-electron chi connectivity index (χ2n) is 5.97. The number of carbonyl (C=O) groups excluding carboxylic acids is 1. The number of alkyl halides is 3. The van der Waals surface area contributed by atoms with Crippen LogP contribution in [0.2, 0.25) is 0 Å². The Kier molecular flexibility index (Phi) is 5.65. The second-order valence-corrected chi connectivity index (χ2v) is 6.89. The average molecular weight is 465 g/mol. The maximum Gasteiger partial charge on any atom is 0.419 e. The SMILES string of the molecule is CC(NC(=O)c1cc(Br)cc(C#N)c1)c1nccnc1-n1cc(C(F)(F)F)cn1. The Bertz CT molecular complexity index is 1110. The van der Waals surface area contributed by atoms with E-state index in [1.807, 2.05) is 6.07 Å². The molecule has 0 aliphatic carbocycles. The zero-order valence-corrected chi connectivity index (χ0v) is 16.4. The Morgan fingerprint density at radius 2 is 2.00 bits per heavy atom. The number of carbonyl (C=O) groups is 1. The minimum atomic E-state index is -4.54. The molecule has 0 saturated carbocycles. The zero-order chi connectivity index (χ0) is 21.2. The van der Waals surface area contributed by atoms with Crippen LogP contribution >= 0.6 is 15.9 Å². The zero-order valence-electron chi connectivity index (χ0n) is 14.8. The molecule has 0 spiro atoms. The molecular weight excluding hydrogens is 453 g/mol. The van der Waals surface area contributed by atoms with Gasteiger partial charge < -0.3 is 5.32 Å². The van der Waals surface area contributed by atoms with Gasteiger partial charge in [0, 0.05) is 28.6 Å². The lowest BCUT2D eigenvalue weighted by atomic mass is 10.1. The summed E-state index contributed by atoms with van der Waals surface area (Å²) in [5.41, 5.74) is -0.155. The van der Waals surface area contributed by atoms with E-state index in [-0.39, 0.29) is 17.1 Å². The highest BCUT2D eigenvalue weighted by atomic mass is 79.9. The number of rotatable bonds is 4. The van der Waals surface area contributed by atoms with Gasteiger partial charge in [-0.2, -0.15) is 23.5 Å². The summed E-state index contributed by atoms with van der Waals surface area (Å²) in [6.45, 7) is 1.61. The summed E-state index contributed by atoms with van der Waals surface area (Å²) in [7, 11) is 0. The summed E-state index contributed by atoms with van der Waals surface area (Å²) in [6, 6.07) is 5.79. The van der Waals surface area contributed by atoms with Crippen molar-refractivity contribution in [3.05, 3.63) is 69.8 Å². The Balaban J connectivity index is 1.88. The van der Waals surface area contributed by atoms with Gasteiger partial charge >= 0.3 is 6.18 Å². The fourth-order valence-corrected chi connectivity index (χ4v) is 3.04. The summed E-state index contributed by atoms with van der Waals surface area (Å²) in [5, 5.41) is 15.4. The molecule has 1 unspecified atom stereocenters. The van der Waals surface area contributed by atoms with E-state index in [1.165, 1.54) is 18.5 Å². The Labute approximate surface area is 171 Å². The Morgan fingerprint density at radius 1 is 1.28 bits per heavy atom. The third kappa shape index (κ3) is 4.60. The van der Waals surface area contributed by atoms with Gasteiger partial charge in [0.05, 0.1) is 29.4 Å². The minimum Gasteiger partial charge on any atom is -0.344 e. The van der Waals surface area contributed by atoms with Gasteiger partial charge in [-0.1, -0.05) is 15.9 Å². The molecule has 1 aromatic carbocycles. The molecule has 29 heavy (non-hydrogen) atoms. The van der Waals surface area contributed by atoms with Gasteiger partial charge in [0.15, 0.2) is 5.82 Å². The molecule has 1 amide bonds. The first-order valence-electron chi connectivity index (χ1n) is 8.13. The highest BCUT2D eigenvalue weighted by molar-refractivity contribution is 9.10. The van der Waals surface area contributed by atoms with Crippen molar-refractivity contribution in [2.24, 2.45) is 0 Å². The summed E-state index contributed by atoms with van der Waals surface area (Å²) in [5.74, 6) is -0.425. The van der Waals surface area contributed by atoms with Crippen LogP contribution < -0.4 is 5.32 Å². The third-order valence-electron chi connectivity index (χ3n) is 3.88. The smallest absolute Gasteiger partial charge is 0.344 e. The molecule has 0 aliphatic heterocycles. The number of hydrogen-bond donors (Lipinski definition) is 1. The van der Waals surface area contributed by atoms with E-state index in [1.54, 1.807) is 19.1 Å². The van der Waals surface area contributed by atoms with Gasteiger partial charge in [-0.15, -0.1) is 0 Å². The first-order valence-corrected chi connectivity index (χ1v) is 8.93. The second kappa shape index (κ2) is 8.00. The standard InChI is InChI=1S/C18H12BrF3N6O/c1-10(27-17(29)12-4-11(7-23)5-14(19)6-12)15-16(25-3-2-24-15)28-9-13(8-26-28)18(20,21)22/h2-6,8-10H,1H3,(H,27,29). The van der Waals surface area contributed by atoms with Gasteiger partial charge in [0.2, 0.25) is 0 Å². The van der Waals surface area contributed by atoms with E-state index in [0.717, 1.165) is 10.9 Å². The third-order valence-corrected chi connectivity index (χ3v) is 4.34. The molecule has 11 heteroatoms. The van der Waals surface area contributed by atoms with Crippen LogP contribution in [-0.4, -0.2) is 25.7 Å². The molecule has 1 atom stereocenters. The van der Waals surface area contributed by atoms with Crippen molar-refractivity contribution >= 4 is 21.8 Å². The number of aromatic nitrogens is 4. The molecule has 0 saturated heterocycles. The molecule has 148 valence electrons. The molecule has 2 heterocycles. The number of amides is 1. The van der Waals surface area contributed by atoms with Crippen LogP contribution in [0.1, 0.15) is 40.1 Å².